The summed E-state index contributed by atoms with van der Waals surface area (Å²) in [6.07, 6.45) is 0. The monoisotopic (exact) mass is 376 g/mol. The number of aryl methyl sites for hydroxylation is 1. The number of rotatable bonds is 4. The van der Waals surface area contributed by atoms with Gasteiger partial charge in [0.25, 0.3) is 10.0 Å². The van der Waals surface area contributed by atoms with E-state index in [1.165, 1.54) is 20.3 Å². The molecular weight excluding hydrogens is 356 g/mol. The van der Waals surface area contributed by atoms with Crippen LogP contribution in [0.5, 0.6) is 11.5 Å². The molecule has 8 heteroatoms. The zero-order valence-corrected chi connectivity index (χ0v) is 15.8. The van der Waals surface area contributed by atoms with Crippen LogP contribution in [0, 0.1) is 6.92 Å². The van der Waals surface area contributed by atoms with Crippen LogP contribution in [0.4, 0.5) is 11.4 Å². The largest absolute Gasteiger partial charge is 0.493 e. The van der Waals surface area contributed by atoms with Crippen molar-refractivity contribution in [1.82, 2.24) is 0 Å². The summed E-state index contributed by atoms with van der Waals surface area (Å²) in [5.41, 5.74) is 1.38. The molecule has 3 rings (SSSR count). The molecule has 0 fully saturated rings. The second kappa shape index (κ2) is 6.53. The SMILES string of the molecule is COc1cc(C)c(S(=O)(=O)N2c3ccccc3NC(=O)[C@@H]2C)cc1OC. The van der Waals surface area contributed by atoms with Crippen molar-refractivity contribution in [3.8, 4) is 11.5 Å². The fraction of sp³-hybridized carbons (Fsp3) is 0.278. The zero-order chi connectivity index (χ0) is 19.1. The Hall–Kier alpha value is -2.74. The maximum Gasteiger partial charge on any atom is 0.265 e. The van der Waals surface area contributed by atoms with Gasteiger partial charge in [-0.05, 0) is 37.6 Å². The van der Waals surface area contributed by atoms with Crippen molar-refractivity contribution in [2.75, 3.05) is 23.8 Å². The fourth-order valence-corrected chi connectivity index (χ4v) is 4.87. The third-order valence-corrected chi connectivity index (χ3v) is 6.38. The lowest BCUT2D eigenvalue weighted by Gasteiger charge is -2.35. The number of amides is 1. The summed E-state index contributed by atoms with van der Waals surface area (Å²) < 4.78 is 38.5. The summed E-state index contributed by atoms with van der Waals surface area (Å²) in [7, 11) is -1.08. The number of carbonyl (C=O) groups excluding carboxylic acids is 1. The molecule has 1 aliphatic heterocycles. The van der Waals surface area contributed by atoms with E-state index in [2.05, 4.69) is 5.32 Å². The quantitative estimate of drug-likeness (QED) is 0.886. The number of methoxy groups -OCH3 is 2. The Balaban J connectivity index is 2.21. The summed E-state index contributed by atoms with van der Waals surface area (Å²) in [6, 6.07) is 8.94. The maximum atomic E-state index is 13.4. The van der Waals surface area contributed by atoms with E-state index in [4.69, 9.17) is 9.47 Å². The standard InChI is InChI=1S/C18H20N2O5S/c1-11-9-15(24-3)16(25-4)10-17(11)26(22,23)20-12(2)18(21)19-13-7-5-6-8-14(13)20/h5-10,12H,1-4H3,(H,19,21)/t12-/m0/s1. The smallest absolute Gasteiger partial charge is 0.265 e. The number of ether oxygens (including phenoxy) is 2. The van der Waals surface area contributed by atoms with Crippen molar-refractivity contribution in [2.24, 2.45) is 0 Å². The Morgan fingerprint density at radius 1 is 1.08 bits per heavy atom. The Labute approximate surface area is 152 Å². The molecule has 0 spiro atoms. The Morgan fingerprint density at radius 3 is 2.35 bits per heavy atom. The number of nitrogens with zero attached hydrogens (tertiary/aromatic N) is 1. The van der Waals surface area contributed by atoms with Crippen molar-refractivity contribution in [3.05, 3.63) is 42.0 Å². The number of nitrogens with one attached hydrogen (secondary N) is 1. The van der Waals surface area contributed by atoms with Gasteiger partial charge in [0, 0.05) is 6.07 Å². The number of fused-ring (bicyclic) bond motifs is 1. The molecule has 2 aromatic rings. The molecule has 1 amide bonds. The topological polar surface area (TPSA) is 84.9 Å². The Bertz CT molecular complexity index is 972. The Morgan fingerprint density at radius 2 is 1.69 bits per heavy atom. The normalized spacial score (nSPS) is 16.7. The van der Waals surface area contributed by atoms with E-state index in [9.17, 15) is 13.2 Å². The first-order valence-electron chi connectivity index (χ1n) is 7.98. The minimum atomic E-state index is -4.01. The van der Waals surface area contributed by atoms with Crippen LogP contribution in [0.2, 0.25) is 0 Å². The van der Waals surface area contributed by atoms with Gasteiger partial charge in [-0.25, -0.2) is 8.42 Å². The van der Waals surface area contributed by atoms with Gasteiger partial charge in [-0.3, -0.25) is 9.10 Å². The highest BCUT2D eigenvalue weighted by Gasteiger charge is 2.39. The molecule has 2 aromatic carbocycles. The lowest BCUT2D eigenvalue weighted by Crippen LogP contribution is -2.49. The number of sulfonamides is 1. The van der Waals surface area contributed by atoms with Gasteiger partial charge in [-0.15, -0.1) is 0 Å². The van der Waals surface area contributed by atoms with Gasteiger partial charge in [0.05, 0.1) is 30.5 Å². The van der Waals surface area contributed by atoms with E-state index in [0.717, 1.165) is 4.31 Å². The van der Waals surface area contributed by atoms with Gasteiger partial charge in [0.1, 0.15) is 6.04 Å². The summed E-state index contributed by atoms with van der Waals surface area (Å²) in [5.74, 6) is 0.360. The van der Waals surface area contributed by atoms with E-state index in [0.29, 0.717) is 28.4 Å². The lowest BCUT2D eigenvalue weighted by molar-refractivity contribution is -0.117. The predicted octanol–water partition coefficient (Wildman–Crippen LogP) is 2.55. The minimum Gasteiger partial charge on any atom is -0.493 e. The summed E-state index contributed by atoms with van der Waals surface area (Å²) in [6.45, 7) is 3.23. The van der Waals surface area contributed by atoms with Gasteiger partial charge in [-0.1, -0.05) is 12.1 Å². The van der Waals surface area contributed by atoms with Crippen LogP contribution < -0.4 is 19.1 Å². The average molecular weight is 376 g/mol. The average Bonchev–Trinajstić information content (AvgIpc) is 2.61. The summed E-state index contributed by atoms with van der Waals surface area (Å²) >= 11 is 0. The highest BCUT2D eigenvalue weighted by Crippen LogP contribution is 2.39. The zero-order valence-electron chi connectivity index (χ0n) is 14.9. The van der Waals surface area contributed by atoms with Crippen LogP contribution in [0.15, 0.2) is 41.3 Å². The fourth-order valence-electron chi connectivity index (χ4n) is 3.01. The number of hydrogen-bond donors (Lipinski definition) is 1. The third-order valence-electron chi connectivity index (χ3n) is 4.35. The molecule has 0 bridgehead atoms. The van der Waals surface area contributed by atoms with E-state index < -0.39 is 16.1 Å². The van der Waals surface area contributed by atoms with Crippen molar-refractivity contribution in [1.29, 1.82) is 0 Å². The van der Waals surface area contributed by atoms with Crippen molar-refractivity contribution >= 4 is 27.3 Å². The van der Waals surface area contributed by atoms with E-state index in [1.807, 2.05) is 0 Å². The molecule has 26 heavy (non-hydrogen) atoms. The molecule has 1 aliphatic rings. The van der Waals surface area contributed by atoms with Crippen LogP contribution in [0.25, 0.3) is 0 Å². The number of benzene rings is 2. The van der Waals surface area contributed by atoms with Crippen LogP contribution in [0.3, 0.4) is 0 Å². The molecule has 0 aromatic heterocycles. The molecule has 0 aliphatic carbocycles. The summed E-state index contributed by atoms with van der Waals surface area (Å²) in [4.78, 5) is 12.4. The number of para-hydroxylation sites is 2. The van der Waals surface area contributed by atoms with Gasteiger partial charge >= 0.3 is 0 Å². The molecule has 7 nitrogen and oxygen atoms in total. The van der Waals surface area contributed by atoms with E-state index in [-0.39, 0.29) is 10.8 Å². The predicted molar refractivity (Wildman–Crippen MR) is 98.5 cm³/mol. The van der Waals surface area contributed by atoms with E-state index in [1.54, 1.807) is 44.2 Å². The first-order valence-corrected chi connectivity index (χ1v) is 9.42. The molecule has 0 radical (unpaired) electrons. The van der Waals surface area contributed by atoms with Crippen molar-refractivity contribution in [3.63, 3.8) is 0 Å². The molecule has 1 heterocycles. The third kappa shape index (κ3) is 2.76. The first-order chi connectivity index (χ1) is 12.3. The maximum absolute atomic E-state index is 13.4. The highest BCUT2D eigenvalue weighted by molar-refractivity contribution is 7.93. The second-order valence-electron chi connectivity index (χ2n) is 5.96. The molecule has 1 atom stereocenters. The first kappa shape index (κ1) is 18.1. The van der Waals surface area contributed by atoms with Crippen molar-refractivity contribution in [2.45, 2.75) is 24.8 Å². The van der Waals surface area contributed by atoms with Gasteiger partial charge in [0.15, 0.2) is 11.5 Å². The Kier molecular flexibility index (Phi) is 4.53. The van der Waals surface area contributed by atoms with Crippen LogP contribution in [-0.2, 0) is 14.8 Å². The second-order valence-corrected chi connectivity index (χ2v) is 7.74. The van der Waals surface area contributed by atoms with Crippen LogP contribution >= 0.6 is 0 Å². The minimum absolute atomic E-state index is 0.0616. The molecule has 0 saturated carbocycles. The van der Waals surface area contributed by atoms with E-state index >= 15 is 0 Å². The summed E-state index contributed by atoms with van der Waals surface area (Å²) in [5, 5.41) is 2.73. The molecule has 138 valence electrons. The number of carbonyl (C=O) groups is 1. The van der Waals surface area contributed by atoms with Crippen LogP contribution in [0.1, 0.15) is 12.5 Å². The van der Waals surface area contributed by atoms with Crippen LogP contribution in [-0.4, -0.2) is 34.6 Å². The molecule has 1 N–H and O–H groups in total. The van der Waals surface area contributed by atoms with Gasteiger partial charge in [-0.2, -0.15) is 0 Å². The molecule has 0 unspecified atom stereocenters. The van der Waals surface area contributed by atoms with Gasteiger partial charge in [0.2, 0.25) is 5.91 Å². The highest BCUT2D eigenvalue weighted by atomic mass is 32.2. The van der Waals surface area contributed by atoms with Crippen molar-refractivity contribution < 1.29 is 22.7 Å². The number of anilines is 2. The lowest BCUT2D eigenvalue weighted by atomic mass is 10.1. The molecular formula is C18H20N2O5S. The van der Waals surface area contributed by atoms with Gasteiger partial charge < -0.3 is 14.8 Å². The molecule has 0 saturated heterocycles. The number of hydrogen-bond acceptors (Lipinski definition) is 5.